The summed E-state index contributed by atoms with van der Waals surface area (Å²) in [5.41, 5.74) is 3.71. The first-order valence-corrected chi connectivity index (χ1v) is 19.9. The van der Waals surface area contributed by atoms with E-state index < -0.39 is 0 Å². The molecule has 8 aromatic rings. The third-order valence-electron chi connectivity index (χ3n) is 7.97. The fourth-order valence-corrected chi connectivity index (χ4v) is 10.7. The van der Waals surface area contributed by atoms with Crippen molar-refractivity contribution in [3.05, 3.63) is 132 Å². The zero-order chi connectivity index (χ0) is 33.2. The molecule has 0 bridgehead atoms. The van der Waals surface area contributed by atoms with Crippen LogP contribution in [0.5, 0.6) is 0 Å². The summed E-state index contributed by atoms with van der Waals surface area (Å²) in [7, 11) is 0. The van der Waals surface area contributed by atoms with E-state index in [0.29, 0.717) is 0 Å². The van der Waals surface area contributed by atoms with Crippen LogP contribution in [0.2, 0.25) is 10.0 Å². The Morgan fingerprint density at radius 3 is 1.14 bits per heavy atom. The minimum atomic E-state index is 0.724. The lowest BCUT2D eigenvalue weighted by molar-refractivity contribution is 1.10. The number of hydrogen-bond acceptors (Lipinski definition) is 8. The molecule has 240 valence electrons. The normalized spacial score (nSPS) is 11.6. The highest BCUT2D eigenvalue weighted by Gasteiger charge is 2.17. The summed E-state index contributed by atoms with van der Waals surface area (Å²) in [6.45, 7) is 0. The van der Waals surface area contributed by atoms with E-state index in [9.17, 15) is 0 Å². The predicted octanol–water partition coefficient (Wildman–Crippen LogP) is 12.8. The lowest BCUT2D eigenvalue weighted by Gasteiger charge is -2.14. The molecule has 0 spiro atoms. The second-order valence-corrected chi connectivity index (χ2v) is 16.2. The Bertz CT molecular complexity index is 2320. The number of para-hydroxylation sites is 4. The number of thioether (sulfide) groups is 2. The standard InChI is InChI=1S/C39H26Cl2N4S4/c40-36-24-10-1-5-14-28(24)42-20-32(36)48-38-26-12-3-7-16-30(26)44-22-34(38)46-18-9-19-47-35-23-45-31-17-8-4-13-27(31)39(35)49-33-21-43-29-15-6-2-11-25(29)37(33)41/h1-8,10-17,20-23H,9,18-19H2. The molecule has 0 saturated carbocycles. The van der Waals surface area contributed by atoms with E-state index in [2.05, 4.69) is 46.4 Å². The van der Waals surface area contributed by atoms with Crippen LogP contribution in [0.25, 0.3) is 43.6 Å². The van der Waals surface area contributed by atoms with Crippen LogP contribution in [-0.4, -0.2) is 31.4 Å². The maximum Gasteiger partial charge on any atom is 0.0717 e. The second kappa shape index (κ2) is 14.8. The minimum absolute atomic E-state index is 0.724. The van der Waals surface area contributed by atoms with Gasteiger partial charge in [-0.3, -0.25) is 19.9 Å². The number of halogens is 2. The van der Waals surface area contributed by atoms with Crippen molar-refractivity contribution in [3.8, 4) is 0 Å². The maximum absolute atomic E-state index is 6.93. The SMILES string of the molecule is Clc1c(Sc2c(SCCCSc3cnc4ccccc4c3Sc3cnc4ccccc4c3Cl)cnc3ccccc23)cnc2ccccc12. The average Bonchev–Trinajstić information content (AvgIpc) is 3.15. The molecule has 8 rings (SSSR count). The molecule has 0 atom stereocenters. The zero-order valence-electron chi connectivity index (χ0n) is 25.8. The molecule has 0 amide bonds. The van der Waals surface area contributed by atoms with Crippen molar-refractivity contribution in [2.24, 2.45) is 0 Å². The summed E-state index contributed by atoms with van der Waals surface area (Å²) in [4.78, 5) is 25.4. The molecule has 0 saturated heterocycles. The highest BCUT2D eigenvalue weighted by molar-refractivity contribution is 8.03. The molecular formula is C39H26Cl2N4S4. The smallest absolute Gasteiger partial charge is 0.0717 e. The molecule has 4 nitrogen and oxygen atoms in total. The lowest BCUT2D eigenvalue weighted by atomic mass is 10.2. The van der Waals surface area contributed by atoms with Gasteiger partial charge in [0.15, 0.2) is 0 Å². The van der Waals surface area contributed by atoms with Gasteiger partial charge in [0, 0.05) is 75.7 Å². The Labute approximate surface area is 310 Å². The van der Waals surface area contributed by atoms with Gasteiger partial charge in [-0.1, -0.05) is 120 Å². The lowest BCUT2D eigenvalue weighted by Crippen LogP contribution is -1.92. The minimum Gasteiger partial charge on any atom is -0.255 e. The molecule has 0 aliphatic rings. The first-order chi connectivity index (χ1) is 24.1. The van der Waals surface area contributed by atoms with E-state index in [1.165, 1.54) is 0 Å². The van der Waals surface area contributed by atoms with Crippen LogP contribution in [0, 0.1) is 0 Å². The molecule has 0 unspecified atom stereocenters. The summed E-state index contributed by atoms with van der Waals surface area (Å²) in [6, 6.07) is 32.5. The number of hydrogen-bond donors (Lipinski definition) is 0. The topological polar surface area (TPSA) is 51.6 Å². The van der Waals surface area contributed by atoms with Crippen molar-refractivity contribution in [2.75, 3.05) is 11.5 Å². The fraction of sp³-hybridized carbons (Fsp3) is 0.0769. The van der Waals surface area contributed by atoms with Crippen LogP contribution in [0.1, 0.15) is 6.42 Å². The molecule has 0 aliphatic carbocycles. The van der Waals surface area contributed by atoms with Gasteiger partial charge in [-0.05, 0) is 42.2 Å². The van der Waals surface area contributed by atoms with Gasteiger partial charge in [-0.25, -0.2) is 0 Å². The number of aromatic nitrogens is 4. The molecule has 49 heavy (non-hydrogen) atoms. The van der Waals surface area contributed by atoms with Crippen LogP contribution in [0.4, 0.5) is 0 Å². The van der Waals surface area contributed by atoms with Crippen molar-refractivity contribution in [3.63, 3.8) is 0 Å². The first-order valence-electron chi connectivity index (χ1n) is 15.6. The molecule has 0 aliphatic heterocycles. The Balaban J connectivity index is 1.01. The number of benzene rings is 4. The van der Waals surface area contributed by atoms with Crippen molar-refractivity contribution in [1.29, 1.82) is 0 Å². The summed E-state index contributed by atoms with van der Waals surface area (Å²) >= 11 is 20.9. The highest BCUT2D eigenvalue weighted by atomic mass is 35.5. The number of nitrogens with zero attached hydrogens (tertiary/aromatic N) is 4. The third kappa shape index (κ3) is 6.83. The quantitative estimate of drug-likeness (QED) is 0.101. The van der Waals surface area contributed by atoms with Crippen molar-refractivity contribution >= 4 is 114 Å². The monoisotopic (exact) mass is 748 g/mol. The van der Waals surface area contributed by atoms with Crippen LogP contribution in [-0.2, 0) is 0 Å². The van der Waals surface area contributed by atoms with Gasteiger partial charge in [0.1, 0.15) is 0 Å². The molecule has 4 heterocycles. The Morgan fingerprint density at radius 1 is 0.408 bits per heavy atom. The Morgan fingerprint density at radius 2 is 0.735 bits per heavy atom. The maximum atomic E-state index is 6.93. The fourth-order valence-electron chi connectivity index (χ4n) is 5.58. The first kappa shape index (κ1) is 32.7. The number of pyridine rings is 4. The largest absolute Gasteiger partial charge is 0.255 e. The van der Waals surface area contributed by atoms with Crippen molar-refractivity contribution in [2.45, 2.75) is 35.8 Å². The van der Waals surface area contributed by atoms with E-state index in [-0.39, 0.29) is 0 Å². The molecule has 0 N–H and O–H groups in total. The van der Waals surface area contributed by atoms with Gasteiger partial charge in [-0.15, -0.1) is 23.5 Å². The summed E-state index contributed by atoms with van der Waals surface area (Å²) in [5.74, 6) is 1.88. The van der Waals surface area contributed by atoms with Crippen molar-refractivity contribution < 1.29 is 0 Å². The Kier molecular flexibility index (Phi) is 9.86. The van der Waals surface area contributed by atoms with Gasteiger partial charge in [-0.2, -0.15) is 0 Å². The molecule has 4 aromatic carbocycles. The van der Waals surface area contributed by atoms with E-state index in [1.54, 1.807) is 23.5 Å². The predicted molar refractivity (Wildman–Crippen MR) is 211 cm³/mol. The zero-order valence-corrected chi connectivity index (χ0v) is 30.6. The van der Waals surface area contributed by atoms with Crippen LogP contribution >= 0.6 is 70.2 Å². The Hall–Kier alpha value is -3.50. The highest BCUT2D eigenvalue weighted by Crippen LogP contribution is 2.45. The number of rotatable bonds is 10. The summed E-state index contributed by atoms with van der Waals surface area (Å²) < 4.78 is 0. The second-order valence-electron chi connectivity index (χ2n) is 11.1. The molecule has 10 heteroatoms. The average molecular weight is 750 g/mol. The van der Waals surface area contributed by atoms with Gasteiger partial charge >= 0.3 is 0 Å². The van der Waals surface area contributed by atoms with Crippen LogP contribution < -0.4 is 0 Å². The van der Waals surface area contributed by atoms with Gasteiger partial charge in [0.25, 0.3) is 0 Å². The summed E-state index contributed by atoms with van der Waals surface area (Å²) in [6.07, 6.45) is 8.75. The number of fused-ring (bicyclic) bond motifs is 4. The van der Waals surface area contributed by atoms with E-state index >= 15 is 0 Å². The molecule has 4 aromatic heterocycles. The third-order valence-corrected chi connectivity index (χ3v) is 13.8. The summed E-state index contributed by atoms with van der Waals surface area (Å²) in [5, 5.41) is 5.59. The van der Waals surface area contributed by atoms with Crippen LogP contribution in [0.15, 0.2) is 151 Å². The van der Waals surface area contributed by atoms with Gasteiger partial charge in [0.05, 0.1) is 32.1 Å². The van der Waals surface area contributed by atoms with Crippen molar-refractivity contribution in [1.82, 2.24) is 19.9 Å². The van der Waals surface area contributed by atoms with E-state index in [0.717, 1.165) is 101 Å². The molecular weight excluding hydrogens is 724 g/mol. The van der Waals surface area contributed by atoms with Gasteiger partial charge < -0.3 is 0 Å². The molecule has 0 radical (unpaired) electrons. The van der Waals surface area contributed by atoms with Crippen LogP contribution in [0.3, 0.4) is 0 Å². The van der Waals surface area contributed by atoms with E-state index in [4.69, 9.17) is 33.2 Å². The van der Waals surface area contributed by atoms with E-state index in [1.807, 2.05) is 109 Å². The molecule has 0 fully saturated rings. The van der Waals surface area contributed by atoms with Gasteiger partial charge in [0.2, 0.25) is 0 Å².